The standard InChI is InChI=1S/C9H5IN2O4/c1-16-9(13)6-3-2-5(4-11)7(10)8(6)12(14)15/h2-3H,1H3. The molecule has 6 nitrogen and oxygen atoms in total. The first-order valence-corrected chi connectivity index (χ1v) is 5.06. The van der Waals surface area contributed by atoms with E-state index in [-0.39, 0.29) is 14.7 Å². The van der Waals surface area contributed by atoms with Gasteiger partial charge < -0.3 is 4.74 Å². The van der Waals surface area contributed by atoms with Crippen molar-refractivity contribution in [3.8, 4) is 6.07 Å². The minimum absolute atomic E-state index is 0.132. The highest BCUT2D eigenvalue weighted by atomic mass is 127. The lowest BCUT2D eigenvalue weighted by molar-refractivity contribution is -0.386. The van der Waals surface area contributed by atoms with Crippen molar-refractivity contribution in [2.24, 2.45) is 0 Å². The predicted molar refractivity (Wildman–Crippen MR) is 61.9 cm³/mol. The second-order valence-corrected chi connectivity index (χ2v) is 3.76. The maximum absolute atomic E-state index is 11.3. The van der Waals surface area contributed by atoms with Gasteiger partial charge in [-0.15, -0.1) is 0 Å². The number of methoxy groups -OCH3 is 1. The fourth-order valence-corrected chi connectivity index (χ4v) is 1.89. The Morgan fingerprint density at radius 2 is 2.25 bits per heavy atom. The van der Waals surface area contributed by atoms with Gasteiger partial charge >= 0.3 is 5.97 Å². The number of halogens is 1. The van der Waals surface area contributed by atoms with Crippen molar-refractivity contribution in [3.05, 3.63) is 36.9 Å². The minimum atomic E-state index is -0.797. The van der Waals surface area contributed by atoms with Crippen molar-refractivity contribution in [3.63, 3.8) is 0 Å². The summed E-state index contributed by atoms with van der Waals surface area (Å²) in [5, 5.41) is 19.5. The Labute approximate surface area is 104 Å². The molecule has 82 valence electrons. The van der Waals surface area contributed by atoms with Crippen LogP contribution in [-0.4, -0.2) is 18.0 Å². The number of rotatable bonds is 2. The van der Waals surface area contributed by atoms with E-state index in [0.717, 1.165) is 7.11 Å². The summed E-state index contributed by atoms with van der Waals surface area (Å²) in [6.07, 6.45) is 0. The van der Waals surface area contributed by atoms with Gasteiger partial charge in [0.15, 0.2) is 0 Å². The molecule has 0 N–H and O–H groups in total. The molecule has 0 unspecified atom stereocenters. The fourth-order valence-electron chi connectivity index (χ4n) is 1.10. The van der Waals surface area contributed by atoms with Crippen LogP contribution in [0.5, 0.6) is 0 Å². The molecule has 0 radical (unpaired) electrons. The first-order chi connectivity index (χ1) is 7.52. The van der Waals surface area contributed by atoms with Gasteiger partial charge in [0.25, 0.3) is 5.69 Å². The van der Waals surface area contributed by atoms with Crippen molar-refractivity contribution in [2.75, 3.05) is 7.11 Å². The number of benzene rings is 1. The van der Waals surface area contributed by atoms with Gasteiger partial charge in [0.1, 0.15) is 15.2 Å². The molecular weight excluding hydrogens is 327 g/mol. The Bertz CT molecular complexity index is 507. The third kappa shape index (κ3) is 2.11. The van der Waals surface area contributed by atoms with Gasteiger partial charge in [-0.2, -0.15) is 5.26 Å². The smallest absolute Gasteiger partial charge is 0.344 e. The highest BCUT2D eigenvalue weighted by molar-refractivity contribution is 14.1. The Hall–Kier alpha value is -1.69. The number of nitriles is 1. The van der Waals surface area contributed by atoms with Crippen LogP contribution in [0.25, 0.3) is 0 Å². The highest BCUT2D eigenvalue weighted by Crippen LogP contribution is 2.28. The van der Waals surface area contributed by atoms with Crippen LogP contribution in [0.1, 0.15) is 15.9 Å². The summed E-state index contributed by atoms with van der Waals surface area (Å²) < 4.78 is 4.56. The molecule has 1 aromatic rings. The van der Waals surface area contributed by atoms with Crippen LogP contribution in [-0.2, 0) is 4.74 Å². The van der Waals surface area contributed by atoms with Gasteiger partial charge in [0, 0.05) is 0 Å². The van der Waals surface area contributed by atoms with Crippen molar-refractivity contribution in [2.45, 2.75) is 0 Å². The average Bonchev–Trinajstić information content (AvgIpc) is 2.26. The molecule has 0 aliphatic rings. The molecule has 0 aliphatic carbocycles. The van der Waals surface area contributed by atoms with Gasteiger partial charge in [-0.1, -0.05) is 0 Å². The van der Waals surface area contributed by atoms with Crippen LogP contribution < -0.4 is 0 Å². The first-order valence-electron chi connectivity index (χ1n) is 3.98. The van der Waals surface area contributed by atoms with Crippen LogP contribution in [0.2, 0.25) is 0 Å². The third-order valence-electron chi connectivity index (χ3n) is 1.82. The number of ether oxygens (including phenoxy) is 1. The summed E-state index contributed by atoms with van der Waals surface area (Å²) in [5.74, 6) is -0.797. The molecule has 7 heteroatoms. The van der Waals surface area contributed by atoms with Crippen molar-refractivity contribution in [1.29, 1.82) is 5.26 Å². The van der Waals surface area contributed by atoms with Crippen LogP contribution in [0.3, 0.4) is 0 Å². The number of esters is 1. The lowest BCUT2D eigenvalue weighted by atomic mass is 10.1. The molecule has 16 heavy (non-hydrogen) atoms. The van der Waals surface area contributed by atoms with Gasteiger partial charge in [0.2, 0.25) is 0 Å². The maximum Gasteiger partial charge on any atom is 0.344 e. The largest absolute Gasteiger partial charge is 0.465 e. The lowest BCUT2D eigenvalue weighted by Gasteiger charge is -2.03. The summed E-state index contributed by atoms with van der Waals surface area (Å²) in [4.78, 5) is 21.4. The molecule has 0 spiro atoms. The molecule has 0 aromatic heterocycles. The maximum atomic E-state index is 11.3. The quantitative estimate of drug-likeness (QED) is 0.357. The van der Waals surface area contributed by atoms with E-state index in [9.17, 15) is 14.9 Å². The zero-order valence-corrected chi connectivity index (χ0v) is 10.2. The van der Waals surface area contributed by atoms with E-state index >= 15 is 0 Å². The molecule has 0 saturated heterocycles. The number of hydrogen-bond acceptors (Lipinski definition) is 5. The first kappa shape index (κ1) is 12.4. The molecule has 1 rings (SSSR count). The fraction of sp³-hybridized carbons (Fsp3) is 0.111. The summed E-state index contributed by atoms with van der Waals surface area (Å²) in [6.45, 7) is 0. The van der Waals surface area contributed by atoms with Gasteiger partial charge in [-0.3, -0.25) is 10.1 Å². The molecule has 0 atom stereocenters. The Balaban J connectivity index is 3.54. The van der Waals surface area contributed by atoms with E-state index in [0.29, 0.717) is 0 Å². The number of carbonyl (C=O) groups excluding carboxylic acids is 1. The van der Waals surface area contributed by atoms with Crippen molar-refractivity contribution in [1.82, 2.24) is 0 Å². The van der Waals surface area contributed by atoms with E-state index < -0.39 is 16.6 Å². The summed E-state index contributed by atoms with van der Waals surface area (Å²) in [5.41, 5.74) is -0.401. The zero-order valence-electron chi connectivity index (χ0n) is 8.06. The Morgan fingerprint density at radius 3 is 2.69 bits per heavy atom. The normalized spacial score (nSPS) is 9.31. The number of carbonyl (C=O) groups is 1. The SMILES string of the molecule is COC(=O)c1ccc(C#N)c(I)c1[N+](=O)[O-]. The number of nitro benzene ring substituents is 1. The minimum Gasteiger partial charge on any atom is -0.465 e. The van der Waals surface area contributed by atoms with Crippen LogP contribution in [0, 0.1) is 25.0 Å². The average molecular weight is 332 g/mol. The summed E-state index contributed by atoms with van der Waals surface area (Å²) in [7, 11) is 1.14. The van der Waals surface area contributed by atoms with Gasteiger partial charge in [0.05, 0.1) is 17.6 Å². The van der Waals surface area contributed by atoms with Crippen LogP contribution >= 0.6 is 22.6 Å². The van der Waals surface area contributed by atoms with Crippen LogP contribution in [0.4, 0.5) is 5.69 Å². The number of hydrogen-bond donors (Lipinski definition) is 0. The zero-order chi connectivity index (χ0) is 12.3. The molecular formula is C9H5IN2O4. The molecule has 0 aliphatic heterocycles. The molecule has 0 heterocycles. The Kier molecular flexibility index (Phi) is 3.78. The van der Waals surface area contributed by atoms with Crippen molar-refractivity contribution >= 4 is 34.2 Å². The second-order valence-electron chi connectivity index (χ2n) is 2.68. The molecule has 0 saturated carbocycles. The van der Waals surface area contributed by atoms with E-state index in [1.807, 2.05) is 6.07 Å². The predicted octanol–water partition coefficient (Wildman–Crippen LogP) is 1.86. The Morgan fingerprint density at radius 1 is 1.62 bits per heavy atom. The van der Waals surface area contributed by atoms with Crippen molar-refractivity contribution < 1.29 is 14.5 Å². The van der Waals surface area contributed by atoms with E-state index in [4.69, 9.17) is 5.26 Å². The van der Waals surface area contributed by atoms with E-state index in [1.54, 1.807) is 22.6 Å². The van der Waals surface area contributed by atoms with Gasteiger partial charge in [-0.05, 0) is 34.7 Å². The van der Waals surface area contributed by atoms with E-state index in [2.05, 4.69) is 4.74 Å². The van der Waals surface area contributed by atoms with E-state index in [1.165, 1.54) is 12.1 Å². The van der Waals surface area contributed by atoms with Gasteiger partial charge in [-0.25, -0.2) is 4.79 Å². The summed E-state index contributed by atoms with van der Waals surface area (Å²) >= 11 is 1.66. The molecule has 1 aromatic carbocycles. The number of nitro groups is 1. The highest BCUT2D eigenvalue weighted by Gasteiger charge is 2.26. The molecule has 0 bridgehead atoms. The third-order valence-corrected chi connectivity index (χ3v) is 2.92. The summed E-state index contributed by atoms with van der Waals surface area (Å²) in [6, 6.07) is 4.37. The second kappa shape index (κ2) is 4.89. The number of nitrogens with zero attached hydrogens (tertiary/aromatic N) is 2. The van der Waals surface area contributed by atoms with Crippen LogP contribution in [0.15, 0.2) is 12.1 Å². The topological polar surface area (TPSA) is 93.2 Å². The molecule has 0 fully saturated rings. The monoisotopic (exact) mass is 332 g/mol. The lowest BCUT2D eigenvalue weighted by Crippen LogP contribution is -2.08. The molecule has 0 amide bonds.